The van der Waals surface area contributed by atoms with E-state index in [4.69, 9.17) is 23.7 Å². The maximum Gasteiger partial charge on any atom is 0.272 e. The lowest BCUT2D eigenvalue weighted by Gasteiger charge is -2.15. The Hall–Kier alpha value is -5.99. The van der Waals surface area contributed by atoms with E-state index in [1.807, 2.05) is 23.6 Å². The number of nitrogens with zero attached hydrogens (tertiary/aromatic N) is 1. The molecule has 268 valence electrons. The number of methoxy groups -OCH3 is 5. The van der Waals surface area contributed by atoms with E-state index < -0.39 is 11.8 Å². The maximum atomic E-state index is 13.7. The lowest BCUT2D eigenvalue weighted by atomic mass is 10.1. The molecular formula is C38H36N4O8S2. The van der Waals surface area contributed by atoms with E-state index in [0.29, 0.717) is 56.4 Å². The first-order chi connectivity index (χ1) is 25.2. The van der Waals surface area contributed by atoms with Crippen LogP contribution in [0.3, 0.4) is 0 Å². The van der Waals surface area contributed by atoms with Crippen molar-refractivity contribution < 1.29 is 38.1 Å². The fourth-order valence-corrected chi connectivity index (χ4v) is 6.38. The largest absolute Gasteiger partial charge is 0.496 e. The Morgan fingerprint density at radius 2 is 1.42 bits per heavy atom. The molecule has 3 N–H and O–H groups in total. The summed E-state index contributed by atoms with van der Waals surface area (Å²) in [4.78, 5) is 45.0. The van der Waals surface area contributed by atoms with Crippen LogP contribution in [0.5, 0.6) is 28.7 Å². The summed E-state index contributed by atoms with van der Waals surface area (Å²) in [6.45, 7) is 0. The van der Waals surface area contributed by atoms with E-state index in [1.165, 1.54) is 50.5 Å². The van der Waals surface area contributed by atoms with Crippen LogP contribution < -0.4 is 39.6 Å². The molecule has 0 atom stereocenters. The molecule has 52 heavy (non-hydrogen) atoms. The van der Waals surface area contributed by atoms with E-state index in [9.17, 15) is 14.4 Å². The number of anilines is 2. The van der Waals surface area contributed by atoms with Crippen molar-refractivity contribution in [2.45, 2.75) is 4.90 Å². The Bertz CT molecular complexity index is 2080. The minimum absolute atomic E-state index is 0.0484. The van der Waals surface area contributed by atoms with Gasteiger partial charge in [0, 0.05) is 38.7 Å². The van der Waals surface area contributed by atoms with Gasteiger partial charge in [0.15, 0.2) is 28.1 Å². The lowest BCUT2D eigenvalue weighted by Crippen LogP contribution is -2.30. The van der Waals surface area contributed by atoms with Crippen LogP contribution in [0.2, 0.25) is 0 Å². The van der Waals surface area contributed by atoms with E-state index in [2.05, 4.69) is 20.9 Å². The first-order valence-electron chi connectivity index (χ1n) is 15.6. The van der Waals surface area contributed by atoms with Crippen molar-refractivity contribution >= 4 is 57.7 Å². The smallest absolute Gasteiger partial charge is 0.272 e. The van der Waals surface area contributed by atoms with Crippen molar-refractivity contribution in [2.24, 2.45) is 0 Å². The number of hydrogen-bond donors (Lipinski definition) is 3. The molecule has 0 saturated heterocycles. The summed E-state index contributed by atoms with van der Waals surface area (Å²) in [5.41, 5.74) is 2.75. The zero-order chi connectivity index (χ0) is 37.0. The number of aromatic nitrogens is 1. The Balaban J connectivity index is 1.28. The molecule has 5 rings (SSSR count). The SMILES string of the molecule is COc1cc(OC)c(OC)cc1/C=C(/NC(=O)c1ccccc1)C(=O)Nc1cccc(SCC(=O)Nc2nc(-c3ccc(OC)c(OC)c3)cs2)c1. The topological polar surface area (TPSA) is 146 Å². The molecule has 0 spiro atoms. The molecule has 14 heteroatoms. The lowest BCUT2D eigenvalue weighted by molar-refractivity contribution is -0.114. The number of rotatable bonds is 15. The van der Waals surface area contributed by atoms with Gasteiger partial charge in [-0.1, -0.05) is 24.3 Å². The highest BCUT2D eigenvalue weighted by molar-refractivity contribution is 8.00. The number of carbonyl (C=O) groups excluding carboxylic acids is 3. The molecule has 5 aromatic rings. The van der Waals surface area contributed by atoms with Gasteiger partial charge in [0.05, 0.1) is 47.0 Å². The van der Waals surface area contributed by atoms with Crippen LogP contribution in [0.1, 0.15) is 15.9 Å². The van der Waals surface area contributed by atoms with Gasteiger partial charge < -0.3 is 39.6 Å². The molecule has 4 aromatic carbocycles. The average Bonchev–Trinajstić information content (AvgIpc) is 3.64. The summed E-state index contributed by atoms with van der Waals surface area (Å²) in [6, 6.07) is 24.3. The van der Waals surface area contributed by atoms with Gasteiger partial charge in [-0.3, -0.25) is 14.4 Å². The first-order valence-corrected chi connectivity index (χ1v) is 17.5. The van der Waals surface area contributed by atoms with Gasteiger partial charge in [0.1, 0.15) is 11.4 Å². The second kappa shape index (κ2) is 17.8. The summed E-state index contributed by atoms with van der Waals surface area (Å²) in [6.07, 6.45) is 1.50. The standard InChI is InChI=1S/C38H36N4O8S2/c1-46-30-15-14-24(17-32(30)48-3)29-21-52-38(41-29)42-35(43)22-51-27-13-9-12-26(19-27)39-37(45)28(40-36(44)23-10-7-6-8-11-23)16-25-18-33(49-4)34(50-5)20-31(25)47-2/h6-21H,22H2,1-5H3,(H,39,45)(H,40,44)(H,41,42,43)/b28-16+. The monoisotopic (exact) mass is 740 g/mol. The predicted molar refractivity (Wildman–Crippen MR) is 203 cm³/mol. The van der Waals surface area contributed by atoms with Crippen LogP contribution in [-0.2, 0) is 9.59 Å². The number of hydrogen-bond acceptors (Lipinski definition) is 11. The zero-order valence-corrected chi connectivity index (χ0v) is 30.6. The molecule has 0 radical (unpaired) electrons. The number of amides is 3. The molecule has 0 unspecified atom stereocenters. The summed E-state index contributed by atoms with van der Waals surface area (Å²) in [7, 11) is 7.62. The second-order valence-electron chi connectivity index (χ2n) is 10.8. The fourth-order valence-electron chi connectivity index (χ4n) is 4.89. The Labute approximate surface area is 309 Å². The highest BCUT2D eigenvalue weighted by atomic mass is 32.2. The Morgan fingerprint density at radius 3 is 2.13 bits per heavy atom. The van der Waals surface area contributed by atoms with Gasteiger partial charge in [-0.25, -0.2) is 4.98 Å². The van der Waals surface area contributed by atoms with Gasteiger partial charge in [-0.05, 0) is 60.7 Å². The Kier molecular flexibility index (Phi) is 12.7. The van der Waals surface area contributed by atoms with Crippen LogP contribution in [0, 0.1) is 0 Å². The molecular weight excluding hydrogens is 705 g/mol. The van der Waals surface area contributed by atoms with Gasteiger partial charge in [-0.15, -0.1) is 23.1 Å². The zero-order valence-electron chi connectivity index (χ0n) is 29.0. The summed E-state index contributed by atoms with van der Waals surface area (Å²) in [5, 5.41) is 10.7. The number of ether oxygens (including phenoxy) is 5. The number of benzene rings is 4. The molecule has 3 amide bonds. The van der Waals surface area contributed by atoms with Crippen LogP contribution in [0.25, 0.3) is 17.3 Å². The molecule has 1 heterocycles. The second-order valence-corrected chi connectivity index (χ2v) is 12.7. The molecule has 0 fully saturated rings. The van der Waals surface area contributed by atoms with Crippen LogP contribution >= 0.6 is 23.1 Å². The molecule has 12 nitrogen and oxygen atoms in total. The van der Waals surface area contributed by atoms with Gasteiger partial charge >= 0.3 is 0 Å². The van der Waals surface area contributed by atoms with Crippen LogP contribution in [-0.4, -0.2) is 64.0 Å². The van der Waals surface area contributed by atoms with Crippen LogP contribution in [0.15, 0.2) is 101 Å². The van der Waals surface area contributed by atoms with E-state index in [1.54, 1.807) is 80.9 Å². The van der Waals surface area contributed by atoms with Crippen molar-refractivity contribution in [2.75, 3.05) is 51.9 Å². The van der Waals surface area contributed by atoms with Gasteiger partial charge in [0.25, 0.3) is 11.8 Å². The molecule has 0 aliphatic carbocycles. The minimum atomic E-state index is -0.588. The number of thiazole rings is 1. The third-order valence-electron chi connectivity index (χ3n) is 7.46. The first kappa shape index (κ1) is 37.3. The normalized spacial score (nSPS) is 10.9. The van der Waals surface area contributed by atoms with E-state index >= 15 is 0 Å². The third-order valence-corrected chi connectivity index (χ3v) is 9.21. The molecule has 0 aliphatic rings. The van der Waals surface area contributed by atoms with Crippen molar-refractivity contribution in [3.63, 3.8) is 0 Å². The number of carbonyl (C=O) groups is 3. The van der Waals surface area contributed by atoms with Gasteiger partial charge in [-0.2, -0.15) is 0 Å². The Morgan fingerprint density at radius 1 is 0.731 bits per heavy atom. The number of nitrogens with one attached hydrogen (secondary N) is 3. The molecule has 0 bridgehead atoms. The molecule has 0 aliphatic heterocycles. The highest BCUT2D eigenvalue weighted by Crippen LogP contribution is 2.36. The average molecular weight is 741 g/mol. The summed E-state index contributed by atoms with van der Waals surface area (Å²) >= 11 is 2.60. The van der Waals surface area contributed by atoms with Gasteiger partial charge in [0.2, 0.25) is 5.91 Å². The highest BCUT2D eigenvalue weighted by Gasteiger charge is 2.19. The van der Waals surface area contributed by atoms with Crippen molar-refractivity contribution in [3.8, 4) is 40.0 Å². The molecule has 1 aromatic heterocycles. The third kappa shape index (κ3) is 9.41. The quantitative estimate of drug-likeness (QED) is 0.0758. The minimum Gasteiger partial charge on any atom is -0.496 e. The van der Waals surface area contributed by atoms with E-state index in [0.717, 1.165) is 10.5 Å². The van der Waals surface area contributed by atoms with Crippen molar-refractivity contribution in [1.29, 1.82) is 0 Å². The molecule has 0 saturated carbocycles. The van der Waals surface area contributed by atoms with E-state index in [-0.39, 0.29) is 17.4 Å². The number of thioether (sulfide) groups is 1. The van der Waals surface area contributed by atoms with Crippen LogP contribution in [0.4, 0.5) is 10.8 Å². The maximum absolute atomic E-state index is 13.7. The van der Waals surface area contributed by atoms with Crippen molar-refractivity contribution in [1.82, 2.24) is 10.3 Å². The summed E-state index contributed by atoms with van der Waals surface area (Å²) in [5.74, 6) is 1.21. The fraction of sp³-hybridized carbons (Fsp3) is 0.158. The van der Waals surface area contributed by atoms with Crippen molar-refractivity contribution in [3.05, 3.63) is 107 Å². The summed E-state index contributed by atoms with van der Waals surface area (Å²) < 4.78 is 27.1. The predicted octanol–water partition coefficient (Wildman–Crippen LogP) is 6.99.